The van der Waals surface area contributed by atoms with Gasteiger partial charge in [-0.15, -0.1) is 11.3 Å². The van der Waals surface area contributed by atoms with Crippen LogP contribution < -0.4 is 20.3 Å². The molecule has 0 bridgehead atoms. The smallest absolute Gasteiger partial charge is 0.271 e. The van der Waals surface area contributed by atoms with Crippen LogP contribution in [0.1, 0.15) is 5.56 Å². The third kappa shape index (κ3) is 4.15. The zero-order chi connectivity index (χ0) is 22.0. The van der Waals surface area contributed by atoms with Crippen molar-refractivity contribution in [3.8, 4) is 22.6 Å². The summed E-state index contributed by atoms with van der Waals surface area (Å²) in [5.41, 5.74) is 4.04. The minimum Gasteiger partial charge on any atom is -0.493 e. The van der Waals surface area contributed by atoms with Crippen molar-refractivity contribution >= 4 is 33.1 Å². The third-order valence-electron chi connectivity index (χ3n) is 4.89. The van der Waals surface area contributed by atoms with Crippen LogP contribution in [-0.2, 0) is 11.3 Å². The lowest BCUT2D eigenvalue weighted by atomic mass is 10.1. The lowest BCUT2D eigenvalue weighted by molar-refractivity contribution is -0.116. The second-order valence-corrected chi connectivity index (χ2v) is 7.87. The largest absolute Gasteiger partial charge is 0.493 e. The fourth-order valence-corrected chi connectivity index (χ4v) is 4.24. The van der Waals surface area contributed by atoms with Gasteiger partial charge in [0, 0.05) is 22.7 Å². The van der Waals surface area contributed by atoms with Gasteiger partial charge in [0.2, 0.25) is 5.91 Å². The Bertz CT molecular complexity index is 1310. The summed E-state index contributed by atoms with van der Waals surface area (Å²) in [7, 11) is 3.07. The summed E-state index contributed by atoms with van der Waals surface area (Å²) in [6.45, 7) is 1.88. The summed E-state index contributed by atoms with van der Waals surface area (Å²) in [6.07, 6.45) is 1.42. The van der Waals surface area contributed by atoms with Crippen LogP contribution in [0.4, 0.5) is 5.69 Å². The number of methoxy groups -OCH3 is 2. The number of anilines is 1. The van der Waals surface area contributed by atoms with Crippen molar-refractivity contribution in [1.29, 1.82) is 0 Å². The van der Waals surface area contributed by atoms with Gasteiger partial charge in [-0.25, -0.2) is 4.98 Å². The molecule has 1 N–H and O–H groups in total. The molecular formula is C23H21N3O4S. The average molecular weight is 436 g/mol. The van der Waals surface area contributed by atoms with Crippen LogP contribution in [0.15, 0.2) is 59.0 Å². The first kappa shape index (κ1) is 20.6. The number of carbonyl (C=O) groups excluding carboxylic acids is 1. The standard InChI is InChI=1S/C23H21N3O4S/c1-14-4-6-15(7-5-14)17-12-31-22-21(17)24-13-26(23(22)28)11-20(27)25-16-8-9-18(29-2)19(10-16)30-3/h4-10,12-13H,11H2,1-3H3,(H,25,27). The summed E-state index contributed by atoms with van der Waals surface area (Å²) in [6, 6.07) is 13.1. The molecule has 31 heavy (non-hydrogen) atoms. The molecule has 0 saturated heterocycles. The van der Waals surface area contributed by atoms with Gasteiger partial charge in [0.05, 0.1) is 26.1 Å². The number of hydrogen-bond acceptors (Lipinski definition) is 6. The van der Waals surface area contributed by atoms with Crippen molar-refractivity contribution in [2.24, 2.45) is 0 Å². The number of thiophene rings is 1. The van der Waals surface area contributed by atoms with E-state index in [1.54, 1.807) is 25.3 Å². The average Bonchev–Trinajstić information content (AvgIpc) is 3.21. The summed E-state index contributed by atoms with van der Waals surface area (Å²) < 4.78 is 12.3. The zero-order valence-electron chi connectivity index (χ0n) is 17.3. The number of hydrogen-bond donors (Lipinski definition) is 1. The van der Waals surface area contributed by atoms with Gasteiger partial charge in [-0.2, -0.15) is 0 Å². The van der Waals surface area contributed by atoms with Gasteiger partial charge in [-0.3, -0.25) is 14.2 Å². The Hall–Kier alpha value is -3.65. The molecule has 0 radical (unpaired) electrons. The molecule has 2 aromatic heterocycles. The number of aromatic nitrogens is 2. The molecule has 0 spiro atoms. The van der Waals surface area contributed by atoms with Gasteiger partial charge in [0.25, 0.3) is 5.56 Å². The third-order valence-corrected chi connectivity index (χ3v) is 5.85. The quantitative estimate of drug-likeness (QED) is 0.493. The van der Waals surface area contributed by atoms with Crippen molar-refractivity contribution < 1.29 is 14.3 Å². The Morgan fingerprint density at radius 3 is 2.55 bits per heavy atom. The number of fused-ring (bicyclic) bond motifs is 1. The Morgan fingerprint density at radius 2 is 1.84 bits per heavy atom. The predicted octanol–water partition coefficient (Wildman–Crippen LogP) is 4.09. The van der Waals surface area contributed by atoms with Crippen LogP contribution in [-0.4, -0.2) is 29.7 Å². The Balaban J connectivity index is 1.56. The molecule has 0 atom stereocenters. The van der Waals surface area contributed by atoms with Gasteiger partial charge in [0.1, 0.15) is 11.2 Å². The van der Waals surface area contributed by atoms with E-state index in [-0.39, 0.29) is 18.0 Å². The van der Waals surface area contributed by atoms with Crippen molar-refractivity contribution in [2.75, 3.05) is 19.5 Å². The topological polar surface area (TPSA) is 82.5 Å². The van der Waals surface area contributed by atoms with Gasteiger partial charge in [-0.1, -0.05) is 29.8 Å². The van der Waals surface area contributed by atoms with Crippen molar-refractivity contribution in [2.45, 2.75) is 13.5 Å². The molecule has 1 amide bonds. The number of carbonyl (C=O) groups is 1. The lowest BCUT2D eigenvalue weighted by Gasteiger charge is -2.11. The Morgan fingerprint density at radius 1 is 1.10 bits per heavy atom. The molecule has 0 aliphatic rings. The van der Waals surface area contributed by atoms with Crippen LogP contribution in [0.25, 0.3) is 21.3 Å². The molecule has 0 unspecified atom stereocenters. The van der Waals surface area contributed by atoms with E-state index < -0.39 is 0 Å². The highest BCUT2D eigenvalue weighted by Gasteiger charge is 2.14. The minimum atomic E-state index is -0.342. The first-order valence-corrected chi connectivity index (χ1v) is 10.4. The van der Waals surface area contributed by atoms with Gasteiger partial charge in [-0.05, 0) is 24.6 Å². The molecule has 4 aromatic rings. The Labute approximate surface area is 182 Å². The van der Waals surface area contributed by atoms with Crippen molar-refractivity contribution in [1.82, 2.24) is 9.55 Å². The van der Waals surface area contributed by atoms with E-state index in [9.17, 15) is 9.59 Å². The predicted molar refractivity (Wildman–Crippen MR) is 122 cm³/mol. The fraction of sp³-hybridized carbons (Fsp3) is 0.174. The van der Waals surface area contributed by atoms with Gasteiger partial charge in [0.15, 0.2) is 11.5 Å². The highest BCUT2D eigenvalue weighted by molar-refractivity contribution is 7.17. The highest BCUT2D eigenvalue weighted by Crippen LogP contribution is 2.31. The normalized spacial score (nSPS) is 10.8. The second-order valence-electron chi connectivity index (χ2n) is 6.99. The first-order chi connectivity index (χ1) is 15.0. The first-order valence-electron chi connectivity index (χ1n) is 9.55. The number of rotatable bonds is 6. The maximum absolute atomic E-state index is 12.9. The number of nitrogens with one attached hydrogen (secondary N) is 1. The number of amides is 1. The van der Waals surface area contributed by atoms with E-state index in [4.69, 9.17) is 9.47 Å². The van der Waals surface area contributed by atoms with Crippen LogP contribution >= 0.6 is 11.3 Å². The number of nitrogens with zero attached hydrogens (tertiary/aromatic N) is 2. The van der Waals surface area contributed by atoms with Crippen molar-refractivity contribution in [3.63, 3.8) is 0 Å². The SMILES string of the molecule is COc1ccc(NC(=O)Cn2cnc3c(-c4ccc(C)cc4)csc3c2=O)cc1OC. The van der Waals surface area contributed by atoms with Crippen LogP contribution in [0.3, 0.4) is 0 Å². The summed E-state index contributed by atoms with van der Waals surface area (Å²) in [5, 5.41) is 4.70. The molecule has 0 fully saturated rings. The lowest BCUT2D eigenvalue weighted by Crippen LogP contribution is -2.27. The molecule has 0 aliphatic heterocycles. The van der Waals surface area contributed by atoms with E-state index in [0.29, 0.717) is 27.4 Å². The van der Waals surface area contributed by atoms with E-state index in [0.717, 1.165) is 11.1 Å². The molecule has 4 rings (SSSR count). The maximum atomic E-state index is 12.9. The van der Waals surface area contributed by atoms with Crippen LogP contribution in [0.5, 0.6) is 11.5 Å². The monoisotopic (exact) mass is 435 g/mol. The number of benzene rings is 2. The fourth-order valence-electron chi connectivity index (χ4n) is 3.26. The minimum absolute atomic E-state index is 0.145. The molecule has 7 nitrogen and oxygen atoms in total. The second kappa shape index (κ2) is 8.61. The molecule has 158 valence electrons. The summed E-state index contributed by atoms with van der Waals surface area (Å²) in [5.74, 6) is 0.724. The number of aryl methyl sites for hydroxylation is 1. The zero-order valence-corrected chi connectivity index (χ0v) is 18.2. The highest BCUT2D eigenvalue weighted by atomic mass is 32.1. The summed E-state index contributed by atoms with van der Waals surface area (Å²) in [4.78, 5) is 29.9. The Kier molecular flexibility index (Phi) is 5.73. The van der Waals surface area contributed by atoms with E-state index >= 15 is 0 Å². The van der Waals surface area contributed by atoms with Crippen molar-refractivity contribution in [3.05, 3.63) is 70.1 Å². The van der Waals surface area contributed by atoms with Crippen LogP contribution in [0.2, 0.25) is 0 Å². The maximum Gasteiger partial charge on any atom is 0.271 e. The number of ether oxygens (including phenoxy) is 2. The molecule has 0 aliphatic carbocycles. The van der Waals surface area contributed by atoms with Crippen LogP contribution in [0, 0.1) is 6.92 Å². The molecule has 2 aromatic carbocycles. The molecular weight excluding hydrogens is 414 g/mol. The van der Waals surface area contributed by atoms with E-state index in [1.165, 1.54) is 34.9 Å². The van der Waals surface area contributed by atoms with E-state index in [2.05, 4.69) is 10.3 Å². The molecule has 8 heteroatoms. The van der Waals surface area contributed by atoms with Gasteiger partial charge < -0.3 is 14.8 Å². The summed E-state index contributed by atoms with van der Waals surface area (Å²) >= 11 is 1.34. The molecule has 0 saturated carbocycles. The molecule has 2 heterocycles. The van der Waals surface area contributed by atoms with E-state index in [1.807, 2.05) is 36.6 Å². The van der Waals surface area contributed by atoms with Gasteiger partial charge >= 0.3 is 0 Å².